The second-order valence-corrected chi connectivity index (χ2v) is 12.1. The van der Waals surface area contributed by atoms with E-state index in [-0.39, 0.29) is 17.0 Å². The fraction of sp³-hybridized carbons (Fsp3) is 0.385. The van der Waals surface area contributed by atoms with Crippen LogP contribution < -0.4 is 0 Å². The first-order chi connectivity index (χ1) is 16.2. The van der Waals surface area contributed by atoms with E-state index in [0.29, 0.717) is 13.1 Å². The van der Waals surface area contributed by atoms with Crippen molar-refractivity contribution in [2.75, 3.05) is 24.6 Å². The van der Waals surface area contributed by atoms with Gasteiger partial charge in [-0.1, -0.05) is 30.3 Å². The standard InChI is InChI=1S/C26H31N5O2S/c1-26(2,30-13-15-34(32,33)16-14-30)12-11-21-18-31(22-17-27-29(3)19-22)25-23(21)9-10-24(28-25)20-7-5-4-6-8-20/h4-10,17-19H,11-16H2,1-3H3. The van der Waals surface area contributed by atoms with Gasteiger partial charge in [-0.3, -0.25) is 14.1 Å². The molecule has 1 fully saturated rings. The van der Waals surface area contributed by atoms with E-state index in [9.17, 15) is 8.42 Å². The Morgan fingerprint density at radius 3 is 2.41 bits per heavy atom. The summed E-state index contributed by atoms with van der Waals surface area (Å²) in [5, 5.41) is 5.50. The first-order valence-corrected chi connectivity index (χ1v) is 13.5. The highest BCUT2D eigenvalue weighted by atomic mass is 32.2. The van der Waals surface area contributed by atoms with Crippen molar-refractivity contribution < 1.29 is 8.42 Å². The molecular weight excluding hydrogens is 446 g/mol. The van der Waals surface area contributed by atoms with Crippen molar-refractivity contribution in [2.24, 2.45) is 7.05 Å². The predicted octanol–water partition coefficient (Wildman–Crippen LogP) is 3.87. The summed E-state index contributed by atoms with van der Waals surface area (Å²) in [4.78, 5) is 7.37. The third-order valence-electron chi connectivity index (χ3n) is 6.98. The summed E-state index contributed by atoms with van der Waals surface area (Å²) < 4.78 is 27.7. The largest absolute Gasteiger partial charge is 0.298 e. The van der Waals surface area contributed by atoms with Crippen LogP contribution in [0.3, 0.4) is 0 Å². The lowest BCUT2D eigenvalue weighted by atomic mass is 9.93. The summed E-state index contributed by atoms with van der Waals surface area (Å²) in [7, 11) is -0.968. The maximum absolute atomic E-state index is 11.9. The molecule has 0 unspecified atom stereocenters. The SMILES string of the molecule is Cn1cc(-n2cc(CCC(C)(C)N3CCS(=O)(=O)CC3)c3ccc(-c4ccccc4)nc32)cn1. The molecule has 1 aromatic carbocycles. The third kappa shape index (κ3) is 4.52. The van der Waals surface area contributed by atoms with Crippen LogP contribution in [0.4, 0.5) is 0 Å². The van der Waals surface area contributed by atoms with Crippen LogP contribution in [0.25, 0.3) is 28.0 Å². The average molecular weight is 478 g/mol. The Hall–Kier alpha value is -2.97. The second-order valence-electron chi connectivity index (χ2n) is 9.78. The van der Waals surface area contributed by atoms with Crippen molar-refractivity contribution in [3.8, 4) is 16.9 Å². The molecule has 0 bridgehead atoms. The first-order valence-electron chi connectivity index (χ1n) is 11.7. The van der Waals surface area contributed by atoms with Gasteiger partial charge in [0.05, 0.1) is 29.1 Å². The molecule has 0 N–H and O–H groups in total. The normalized spacial score (nSPS) is 16.8. The highest BCUT2D eigenvalue weighted by Gasteiger charge is 2.32. The highest BCUT2D eigenvalue weighted by Crippen LogP contribution is 2.30. The lowest BCUT2D eigenvalue weighted by molar-refractivity contribution is 0.123. The van der Waals surface area contributed by atoms with Crippen LogP contribution in [-0.2, 0) is 23.3 Å². The smallest absolute Gasteiger partial charge is 0.152 e. The summed E-state index contributed by atoms with van der Waals surface area (Å²) in [5.74, 6) is 0.506. The lowest BCUT2D eigenvalue weighted by Crippen LogP contribution is -2.51. The number of nitrogens with zero attached hydrogens (tertiary/aromatic N) is 5. The third-order valence-corrected chi connectivity index (χ3v) is 8.59. The first kappa shape index (κ1) is 22.8. The molecule has 1 aliphatic heterocycles. The monoisotopic (exact) mass is 477 g/mol. The number of pyridine rings is 1. The van der Waals surface area contributed by atoms with Crippen LogP contribution in [0.5, 0.6) is 0 Å². The fourth-order valence-corrected chi connectivity index (χ4v) is 5.99. The van der Waals surface area contributed by atoms with Gasteiger partial charge in [0.2, 0.25) is 0 Å². The van der Waals surface area contributed by atoms with Gasteiger partial charge in [0.25, 0.3) is 0 Å². The van der Waals surface area contributed by atoms with Gasteiger partial charge in [-0.25, -0.2) is 13.4 Å². The Balaban J connectivity index is 1.47. The van der Waals surface area contributed by atoms with E-state index in [4.69, 9.17) is 4.98 Å². The van der Waals surface area contributed by atoms with Crippen LogP contribution in [0.1, 0.15) is 25.8 Å². The van der Waals surface area contributed by atoms with E-state index in [1.54, 1.807) is 4.68 Å². The van der Waals surface area contributed by atoms with E-state index in [2.05, 4.69) is 58.9 Å². The predicted molar refractivity (Wildman–Crippen MR) is 136 cm³/mol. The number of benzene rings is 1. The van der Waals surface area contributed by atoms with Gasteiger partial charge in [0, 0.05) is 49.0 Å². The van der Waals surface area contributed by atoms with Gasteiger partial charge in [-0.2, -0.15) is 5.10 Å². The van der Waals surface area contributed by atoms with Crippen molar-refractivity contribution in [1.29, 1.82) is 0 Å². The number of sulfone groups is 1. The summed E-state index contributed by atoms with van der Waals surface area (Å²) in [6.45, 7) is 5.65. The van der Waals surface area contributed by atoms with Crippen LogP contribution in [0.15, 0.2) is 61.1 Å². The van der Waals surface area contributed by atoms with Gasteiger partial charge < -0.3 is 0 Å². The van der Waals surface area contributed by atoms with Crippen molar-refractivity contribution in [3.63, 3.8) is 0 Å². The molecule has 7 nitrogen and oxygen atoms in total. The van der Waals surface area contributed by atoms with Crippen molar-refractivity contribution in [3.05, 3.63) is 66.6 Å². The lowest BCUT2D eigenvalue weighted by Gasteiger charge is -2.41. The van der Waals surface area contributed by atoms with Crippen LogP contribution in [-0.4, -0.2) is 62.8 Å². The van der Waals surface area contributed by atoms with Gasteiger partial charge >= 0.3 is 0 Å². The minimum Gasteiger partial charge on any atom is -0.298 e. The Kier molecular flexibility index (Phi) is 5.81. The van der Waals surface area contributed by atoms with E-state index in [1.165, 1.54) is 5.56 Å². The molecule has 0 amide bonds. The van der Waals surface area contributed by atoms with Crippen LogP contribution in [0.2, 0.25) is 0 Å². The van der Waals surface area contributed by atoms with Crippen molar-refractivity contribution >= 4 is 20.9 Å². The number of hydrogen-bond donors (Lipinski definition) is 0. The molecule has 0 atom stereocenters. The van der Waals surface area contributed by atoms with Gasteiger partial charge in [0.1, 0.15) is 5.65 Å². The molecule has 8 heteroatoms. The molecule has 1 aliphatic rings. The quantitative estimate of drug-likeness (QED) is 0.422. The maximum atomic E-state index is 11.9. The second kappa shape index (κ2) is 8.67. The van der Waals surface area contributed by atoms with E-state index < -0.39 is 9.84 Å². The minimum absolute atomic E-state index is 0.0872. The Morgan fingerprint density at radius 2 is 1.74 bits per heavy atom. The number of aryl methyl sites for hydroxylation is 2. The summed E-state index contributed by atoms with van der Waals surface area (Å²) in [5.41, 5.74) is 5.09. The van der Waals surface area contributed by atoms with Crippen molar-refractivity contribution in [2.45, 2.75) is 32.2 Å². The Bertz CT molecular complexity index is 1410. The number of hydrogen-bond acceptors (Lipinski definition) is 5. The van der Waals surface area contributed by atoms with E-state index in [1.807, 2.05) is 37.6 Å². The highest BCUT2D eigenvalue weighted by molar-refractivity contribution is 7.91. The zero-order chi connectivity index (χ0) is 23.9. The van der Waals surface area contributed by atoms with Gasteiger partial charge in [-0.15, -0.1) is 0 Å². The molecule has 0 aliphatic carbocycles. The molecule has 5 rings (SSSR count). The molecule has 0 radical (unpaired) electrons. The van der Waals surface area contributed by atoms with Crippen LogP contribution >= 0.6 is 0 Å². The molecule has 178 valence electrons. The van der Waals surface area contributed by atoms with Gasteiger partial charge in [0.15, 0.2) is 9.84 Å². The molecule has 4 aromatic rings. The minimum atomic E-state index is -2.89. The number of fused-ring (bicyclic) bond motifs is 1. The molecule has 3 aromatic heterocycles. The zero-order valence-corrected chi connectivity index (χ0v) is 20.8. The molecule has 34 heavy (non-hydrogen) atoms. The van der Waals surface area contributed by atoms with Crippen LogP contribution in [0, 0.1) is 0 Å². The van der Waals surface area contributed by atoms with Crippen molar-refractivity contribution in [1.82, 2.24) is 24.2 Å². The average Bonchev–Trinajstić information content (AvgIpc) is 3.41. The van der Waals surface area contributed by atoms with E-state index >= 15 is 0 Å². The topological polar surface area (TPSA) is 73.0 Å². The molecular formula is C26H31N5O2S. The fourth-order valence-electron chi connectivity index (χ4n) is 4.78. The van der Waals surface area contributed by atoms with Gasteiger partial charge in [-0.05, 0) is 44.4 Å². The number of aromatic nitrogens is 4. The zero-order valence-electron chi connectivity index (χ0n) is 20.0. The molecule has 0 spiro atoms. The summed E-state index contributed by atoms with van der Waals surface area (Å²) >= 11 is 0. The number of rotatable bonds is 6. The summed E-state index contributed by atoms with van der Waals surface area (Å²) in [6, 6.07) is 14.5. The van der Waals surface area contributed by atoms with E-state index in [0.717, 1.165) is 40.8 Å². The molecule has 0 saturated carbocycles. The Morgan fingerprint density at radius 1 is 1.00 bits per heavy atom. The maximum Gasteiger partial charge on any atom is 0.152 e. The molecule has 4 heterocycles. The Labute approximate surface area is 201 Å². The molecule has 1 saturated heterocycles. The summed E-state index contributed by atoms with van der Waals surface area (Å²) in [6.07, 6.45) is 7.85.